The summed E-state index contributed by atoms with van der Waals surface area (Å²) in [5, 5.41) is 2.93. The normalized spacial score (nSPS) is 22.1. The van der Waals surface area contributed by atoms with Crippen molar-refractivity contribution in [2.24, 2.45) is 11.7 Å². The van der Waals surface area contributed by atoms with Gasteiger partial charge in [-0.15, -0.1) is 24.2 Å². The second kappa shape index (κ2) is 9.54. The van der Waals surface area contributed by atoms with E-state index in [2.05, 4.69) is 5.32 Å². The fourth-order valence-corrected chi connectivity index (χ4v) is 4.05. The van der Waals surface area contributed by atoms with E-state index in [1.54, 1.807) is 16.7 Å². The van der Waals surface area contributed by atoms with Gasteiger partial charge in [-0.05, 0) is 32.2 Å². The quantitative estimate of drug-likeness (QED) is 0.719. The number of nitrogens with zero attached hydrogens (tertiary/aromatic N) is 1. The molecule has 5 nitrogen and oxygen atoms in total. The van der Waals surface area contributed by atoms with Crippen LogP contribution in [0.3, 0.4) is 0 Å². The zero-order chi connectivity index (χ0) is 14.4. The number of carbonyl (C=O) groups is 2. The monoisotopic (exact) mass is 335 g/mol. The number of unbranched alkanes of at least 4 members (excludes halogenated alkanes) is 1. The SMILES string of the molecule is Cl.NCCCCNC(=O)C1CSCN1C(=O)C1CCCC1. The van der Waals surface area contributed by atoms with Gasteiger partial charge in [-0.2, -0.15) is 0 Å². The van der Waals surface area contributed by atoms with E-state index in [1.807, 2.05) is 0 Å². The fourth-order valence-electron chi connectivity index (χ4n) is 2.88. The lowest BCUT2D eigenvalue weighted by Crippen LogP contribution is -2.48. The molecule has 0 aromatic rings. The summed E-state index contributed by atoms with van der Waals surface area (Å²) in [6.45, 7) is 1.31. The number of nitrogens with one attached hydrogen (secondary N) is 1. The highest BCUT2D eigenvalue weighted by Gasteiger charge is 2.37. The van der Waals surface area contributed by atoms with Crippen molar-refractivity contribution in [3.05, 3.63) is 0 Å². The minimum absolute atomic E-state index is 0. The zero-order valence-corrected chi connectivity index (χ0v) is 14.0. The Morgan fingerprint density at radius 3 is 2.62 bits per heavy atom. The summed E-state index contributed by atoms with van der Waals surface area (Å²) in [4.78, 5) is 26.4. The van der Waals surface area contributed by atoms with E-state index < -0.39 is 0 Å². The Labute approximate surface area is 137 Å². The smallest absolute Gasteiger partial charge is 0.243 e. The number of carbonyl (C=O) groups excluding carboxylic acids is 2. The molecule has 1 aliphatic carbocycles. The molecule has 0 bridgehead atoms. The van der Waals surface area contributed by atoms with E-state index in [4.69, 9.17) is 5.73 Å². The molecule has 2 amide bonds. The first kappa shape index (κ1) is 18.6. The van der Waals surface area contributed by atoms with Crippen LogP contribution in [-0.4, -0.2) is 47.5 Å². The molecule has 2 rings (SSSR count). The highest BCUT2D eigenvalue weighted by Crippen LogP contribution is 2.30. The van der Waals surface area contributed by atoms with E-state index in [0.29, 0.717) is 19.0 Å². The van der Waals surface area contributed by atoms with E-state index in [0.717, 1.165) is 44.3 Å². The lowest BCUT2D eigenvalue weighted by atomic mass is 10.1. The van der Waals surface area contributed by atoms with E-state index >= 15 is 0 Å². The van der Waals surface area contributed by atoms with Gasteiger partial charge < -0.3 is 16.0 Å². The Kier molecular flexibility index (Phi) is 8.44. The molecule has 1 atom stereocenters. The van der Waals surface area contributed by atoms with Crippen LogP contribution in [0.2, 0.25) is 0 Å². The van der Waals surface area contributed by atoms with Crippen LogP contribution in [0.1, 0.15) is 38.5 Å². The van der Waals surface area contributed by atoms with E-state index in [1.165, 1.54) is 0 Å². The highest BCUT2D eigenvalue weighted by molar-refractivity contribution is 7.99. The van der Waals surface area contributed by atoms with Gasteiger partial charge in [0, 0.05) is 18.2 Å². The van der Waals surface area contributed by atoms with Crippen LogP contribution in [0, 0.1) is 5.92 Å². The van der Waals surface area contributed by atoms with Gasteiger partial charge in [0.15, 0.2) is 0 Å². The molecule has 2 fully saturated rings. The van der Waals surface area contributed by atoms with Crippen molar-refractivity contribution in [3.63, 3.8) is 0 Å². The van der Waals surface area contributed by atoms with Gasteiger partial charge in [-0.25, -0.2) is 0 Å². The zero-order valence-electron chi connectivity index (χ0n) is 12.4. The Bertz CT molecular complexity index is 351. The van der Waals surface area contributed by atoms with Gasteiger partial charge in [0.25, 0.3) is 0 Å². The third-order valence-electron chi connectivity index (χ3n) is 4.10. The van der Waals surface area contributed by atoms with Crippen LogP contribution >= 0.6 is 24.2 Å². The molecule has 122 valence electrons. The van der Waals surface area contributed by atoms with Crippen molar-refractivity contribution < 1.29 is 9.59 Å². The number of hydrogen-bond acceptors (Lipinski definition) is 4. The van der Waals surface area contributed by atoms with Gasteiger partial charge in [-0.1, -0.05) is 12.8 Å². The number of hydrogen-bond donors (Lipinski definition) is 2. The van der Waals surface area contributed by atoms with Crippen molar-refractivity contribution in [2.45, 2.75) is 44.6 Å². The van der Waals surface area contributed by atoms with Crippen molar-refractivity contribution in [3.8, 4) is 0 Å². The van der Waals surface area contributed by atoms with Crippen LogP contribution < -0.4 is 11.1 Å². The minimum Gasteiger partial charge on any atom is -0.354 e. The number of rotatable bonds is 6. The summed E-state index contributed by atoms with van der Waals surface area (Å²) in [6, 6.07) is -0.272. The molecule has 3 N–H and O–H groups in total. The second-order valence-electron chi connectivity index (χ2n) is 5.59. The van der Waals surface area contributed by atoms with Crippen LogP contribution in [0.5, 0.6) is 0 Å². The molecule has 1 aliphatic heterocycles. The largest absolute Gasteiger partial charge is 0.354 e. The lowest BCUT2D eigenvalue weighted by Gasteiger charge is -2.25. The molecule has 1 saturated heterocycles. The van der Waals surface area contributed by atoms with Crippen LogP contribution in [0.25, 0.3) is 0 Å². The van der Waals surface area contributed by atoms with Crippen molar-refractivity contribution >= 4 is 36.0 Å². The van der Waals surface area contributed by atoms with Crippen LogP contribution in [-0.2, 0) is 9.59 Å². The van der Waals surface area contributed by atoms with Gasteiger partial charge in [0.1, 0.15) is 6.04 Å². The maximum absolute atomic E-state index is 12.5. The second-order valence-corrected chi connectivity index (χ2v) is 6.59. The standard InChI is InChI=1S/C14H25N3O2S.ClH/c15-7-3-4-8-16-13(18)12-9-20-10-17(12)14(19)11-5-1-2-6-11;/h11-12H,1-10,15H2,(H,16,18);1H. The Morgan fingerprint density at radius 1 is 1.24 bits per heavy atom. The number of thioether (sulfide) groups is 1. The van der Waals surface area contributed by atoms with Gasteiger partial charge in [-0.3, -0.25) is 9.59 Å². The molecule has 2 aliphatic rings. The molecule has 1 heterocycles. The third-order valence-corrected chi connectivity index (χ3v) is 5.11. The maximum Gasteiger partial charge on any atom is 0.243 e. The molecule has 7 heteroatoms. The number of nitrogens with two attached hydrogens (primary N) is 1. The summed E-state index contributed by atoms with van der Waals surface area (Å²) in [7, 11) is 0. The van der Waals surface area contributed by atoms with Gasteiger partial charge >= 0.3 is 0 Å². The first-order chi connectivity index (χ1) is 9.74. The van der Waals surface area contributed by atoms with Crippen molar-refractivity contribution in [1.29, 1.82) is 0 Å². The first-order valence-corrected chi connectivity index (χ1v) is 8.75. The van der Waals surface area contributed by atoms with Crippen molar-refractivity contribution in [2.75, 3.05) is 24.7 Å². The lowest BCUT2D eigenvalue weighted by molar-refractivity contribution is -0.141. The number of halogens is 1. The molecule has 1 unspecified atom stereocenters. The van der Waals surface area contributed by atoms with Crippen LogP contribution in [0.4, 0.5) is 0 Å². The highest BCUT2D eigenvalue weighted by atomic mass is 35.5. The summed E-state index contributed by atoms with van der Waals surface area (Å²) in [6.07, 6.45) is 6.10. The molecule has 1 saturated carbocycles. The average Bonchev–Trinajstić information content (AvgIpc) is 3.12. The summed E-state index contributed by atoms with van der Waals surface area (Å²) >= 11 is 1.67. The Morgan fingerprint density at radius 2 is 1.95 bits per heavy atom. The maximum atomic E-state index is 12.5. The third kappa shape index (κ3) is 5.04. The molecular weight excluding hydrogens is 310 g/mol. The van der Waals surface area contributed by atoms with Gasteiger partial charge in [0.05, 0.1) is 5.88 Å². The summed E-state index contributed by atoms with van der Waals surface area (Å²) in [5.41, 5.74) is 5.43. The Balaban J connectivity index is 0.00000220. The average molecular weight is 336 g/mol. The molecule has 0 aromatic carbocycles. The molecule has 0 radical (unpaired) electrons. The van der Waals surface area contributed by atoms with E-state index in [9.17, 15) is 9.59 Å². The molecule has 0 spiro atoms. The number of amides is 2. The molecule has 0 aromatic heterocycles. The Hall–Kier alpha value is -0.460. The summed E-state index contributed by atoms with van der Waals surface area (Å²) in [5.74, 6) is 1.73. The summed E-state index contributed by atoms with van der Waals surface area (Å²) < 4.78 is 0. The molecule has 21 heavy (non-hydrogen) atoms. The predicted molar refractivity (Wildman–Crippen MR) is 88.5 cm³/mol. The topological polar surface area (TPSA) is 75.4 Å². The van der Waals surface area contributed by atoms with Crippen molar-refractivity contribution in [1.82, 2.24) is 10.2 Å². The minimum atomic E-state index is -0.272. The fraction of sp³-hybridized carbons (Fsp3) is 0.857. The molecular formula is C14H26ClN3O2S. The van der Waals surface area contributed by atoms with Crippen LogP contribution in [0.15, 0.2) is 0 Å². The first-order valence-electron chi connectivity index (χ1n) is 7.60. The van der Waals surface area contributed by atoms with E-state index in [-0.39, 0.29) is 36.2 Å². The predicted octanol–water partition coefficient (Wildman–Crippen LogP) is 1.35. The van der Waals surface area contributed by atoms with Gasteiger partial charge in [0.2, 0.25) is 11.8 Å².